The first-order valence-electron chi connectivity index (χ1n) is 6.97. The molecule has 100 valence electrons. The van der Waals surface area contributed by atoms with E-state index in [9.17, 15) is 0 Å². The van der Waals surface area contributed by atoms with Crippen LogP contribution in [0.2, 0.25) is 0 Å². The van der Waals surface area contributed by atoms with Crippen LogP contribution in [0.1, 0.15) is 36.8 Å². The third-order valence-corrected chi connectivity index (χ3v) is 4.19. The summed E-state index contributed by atoms with van der Waals surface area (Å²) in [5, 5.41) is 0.114. The van der Waals surface area contributed by atoms with Crippen LogP contribution >= 0.6 is 11.6 Å². The average molecular weight is 266 g/mol. The summed E-state index contributed by atoms with van der Waals surface area (Å²) in [5.41, 5.74) is 2.54. The van der Waals surface area contributed by atoms with E-state index in [1.54, 1.807) is 0 Å². The van der Waals surface area contributed by atoms with Gasteiger partial charge in [-0.1, -0.05) is 43.7 Å². The van der Waals surface area contributed by atoms with Crippen molar-refractivity contribution in [3.63, 3.8) is 0 Å². The van der Waals surface area contributed by atoms with Gasteiger partial charge < -0.3 is 4.90 Å². The van der Waals surface area contributed by atoms with Crippen molar-refractivity contribution in [1.82, 2.24) is 4.90 Å². The number of hydrogen-bond acceptors (Lipinski definition) is 1. The lowest BCUT2D eigenvalue weighted by Gasteiger charge is -2.36. The SMILES string of the molecule is Cc1ccc(C(Cl)CN2CC(C)CC(C)C2)cc1. The highest BCUT2D eigenvalue weighted by Gasteiger charge is 2.23. The van der Waals surface area contributed by atoms with Gasteiger partial charge in [0.15, 0.2) is 0 Å². The summed E-state index contributed by atoms with van der Waals surface area (Å²) in [5.74, 6) is 1.60. The third kappa shape index (κ3) is 3.73. The van der Waals surface area contributed by atoms with Crippen molar-refractivity contribution >= 4 is 11.6 Å². The maximum atomic E-state index is 6.55. The summed E-state index contributed by atoms with van der Waals surface area (Å²) < 4.78 is 0. The number of piperidine rings is 1. The predicted molar refractivity (Wildman–Crippen MR) is 79.2 cm³/mol. The van der Waals surface area contributed by atoms with Gasteiger partial charge in [-0.15, -0.1) is 11.6 Å². The lowest BCUT2D eigenvalue weighted by Crippen LogP contribution is -2.40. The van der Waals surface area contributed by atoms with Gasteiger partial charge in [0.05, 0.1) is 5.38 Å². The van der Waals surface area contributed by atoms with E-state index in [0.717, 1.165) is 18.4 Å². The molecule has 2 rings (SSSR count). The van der Waals surface area contributed by atoms with Gasteiger partial charge in [0.1, 0.15) is 0 Å². The zero-order valence-corrected chi connectivity index (χ0v) is 12.5. The van der Waals surface area contributed by atoms with Gasteiger partial charge in [-0.2, -0.15) is 0 Å². The van der Waals surface area contributed by atoms with Gasteiger partial charge in [0.25, 0.3) is 0 Å². The summed E-state index contributed by atoms with van der Waals surface area (Å²) in [6, 6.07) is 8.60. The van der Waals surface area contributed by atoms with Crippen LogP contribution in [-0.4, -0.2) is 24.5 Å². The topological polar surface area (TPSA) is 3.24 Å². The minimum atomic E-state index is 0.114. The molecule has 0 radical (unpaired) electrons. The summed E-state index contributed by atoms with van der Waals surface area (Å²) in [7, 11) is 0. The molecule has 3 atom stereocenters. The lowest BCUT2D eigenvalue weighted by molar-refractivity contribution is 0.141. The first-order valence-corrected chi connectivity index (χ1v) is 7.41. The fourth-order valence-electron chi connectivity index (χ4n) is 3.05. The molecule has 0 amide bonds. The summed E-state index contributed by atoms with van der Waals surface area (Å²) in [6.45, 7) is 10.2. The van der Waals surface area contributed by atoms with Crippen LogP contribution in [0.3, 0.4) is 0 Å². The fraction of sp³-hybridized carbons (Fsp3) is 0.625. The van der Waals surface area contributed by atoms with Crippen molar-refractivity contribution in [3.05, 3.63) is 35.4 Å². The van der Waals surface area contributed by atoms with Gasteiger partial charge in [0, 0.05) is 19.6 Å². The highest BCUT2D eigenvalue weighted by atomic mass is 35.5. The minimum Gasteiger partial charge on any atom is -0.301 e. The zero-order chi connectivity index (χ0) is 13.1. The second-order valence-electron chi connectivity index (χ2n) is 6.04. The molecule has 0 aliphatic carbocycles. The molecule has 0 bridgehead atoms. The molecule has 1 aromatic rings. The van der Waals surface area contributed by atoms with Crippen molar-refractivity contribution in [3.8, 4) is 0 Å². The van der Waals surface area contributed by atoms with Crippen LogP contribution in [0, 0.1) is 18.8 Å². The number of likely N-dealkylation sites (tertiary alicyclic amines) is 1. The Hall–Kier alpha value is -0.530. The Morgan fingerprint density at radius 2 is 1.72 bits per heavy atom. The van der Waals surface area contributed by atoms with Crippen molar-refractivity contribution < 1.29 is 0 Å². The van der Waals surface area contributed by atoms with Crippen molar-refractivity contribution in [2.24, 2.45) is 11.8 Å². The van der Waals surface area contributed by atoms with Crippen LogP contribution in [0.5, 0.6) is 0 Å². The molecule has 3 unspecified atom stereocenters. The van der Waals surface area contributed by atoms with Crippen LogP contribution in [0.25, 0.3) is 0 Å². The smallest absolute Gasteiger partial charge is 0.0712 e. The predicted octanol–water partition coefficient (Wildman–Crippen LogP) is 4.25. The van der Waals surface area contributed by atoms with Gasteiger partial charge in [0.2, 0.25) is 0 Å². The fourth-order valence-corrected chi connectivity index (χ4v) is 3.39. The Kier molecular flexibility index (Phi) is 4.69. The van der Waals surface area contributed by atoms with E-state index in [1.807, 2.05) is 0 Å². The Morgan fingerprint density at radius 1 is 1.17 bits per heavy atom. The molecule has 1 saturated heterocycles. The Morgan fingerprint density at radius 3 is 2.28 bits per heavy atom. The molecule has 1 aromatic carbocycles. The van der Waals surface area contributed by atoms with E-state index >= 15 is 0 Å². The number of aryl methyl sites for hydroxylation is 1. The number of benzene rings is 1. The van der Waals surface area contributed by atoms with Crippen LogP contribution in [0.15, 0.2) is 24.3 Å². The number of alkyl halides is 1. The molecule has 1 fully saturated rings. The molecule has 1 aliphatic heterocycles. The Balaban J connectivity index is 1.94. The highest BCUT2D eigenvalue weighted by Crippen LogP contribution is 2.26. The maximum Gasteiger partial charge on any atom is 0.0712 e. The molecular weight excluding hydrogens is 242 g/mol. The molecule has 1 nitrogen and oxygen atoms in total. The first kappa shape index (κ1) is 13.9. The van der Waals surface area contributed by atoms with Crippen molar-refractivity contribution in [1.29, 1.82) is 0 Å². The summed E-state index contributed by atoms with van der Waals surface area (Å²) >= 11 is 6.55. The average Bonchev–Trinajstić information content (AvgIpc) is 2.28. The Bertz CT molecular complexity index is 363. The van der Waals surface area contributed by atoms with E-state index < -0.39 is 0 Å². The normalized spacial score (nSPS) is 27.1. The van der Waals surface area contributed by atoms with E-state index in [4.69, 9.17) is 11.6 Å². The molecule has 1 heterocycles. The van der Waals surface area contributed by atoms with Crippen molar-refractivity contribution in [2.45, 2.75) is 32.6 Å². The minimum absolute atomic E-state index is 0.114. The number of rotatable bonds is 3. The molecule has 0 N–H and O–H groups in total. The molecule has 0 spiro atoms. The molecule has 18 heavy (non-hydrogen) atoms. The second-order valence-corrected chi connectivity index (χ2v) is 6.57. The van der Waals surface area contributed by atoms with E-state index in [2.05, 4.69) is 49.9 Å². The summed E-state index contributed by atoms with van der Waals surface area (Å²) in [4.78, 5) is 2.52. The molecule has 1 aliphatic rings. The van der Waals surface area contributed by atoms with Crippen molar-refractivity contribution in [2.75, 3.05) is 19.6 Å². The van der Waals surface area contributed by atoms with E-state index in [1.165, 1.54) is 30.6 Å². The van der Waals surface area contributed by atoms with Crippen LogP contribution in [0.4, 0.5) is 0 Å². The standard InChI is InChI=1S/C16H24ClN/c1-12-4-6-15(7-5-12)16(17)11-18-9-13(2)8-14(3)10-18/h4-7,13-14,16H,8-11H2,1-3H3. The third-order valence-electron chi connectivity index (χ3n) is 3.80. The van der Waals surface area contributed by atoms with Gasteiger partial charge in [-0.05, 0) is 30.7 Å². The monoisotopic (exact) mass is 265 g/mol. The zero-order valence-electron chi connectivity index (χ0n) is 11.7. The van der Waals surface area contributed by atoms with Crippen LogP contribution in [-0.2, 0) is 0 Å². The highest BCUT2D eigenvalue weighted by molar-refractivity contribution is 6.21. The van der Waals surface area contributed by atoms with E-state index in [-0.39, 0.29) is 5.38 Å². The molecule has 0 aromatic heterocycles. The largest absolute Gasteiger partial charge is 0.301 e. The quantitative estimate of drug-likeness (QED) is 0.739. The number of hydrogen-bond donors (Lipinski definition) is 0. The van der Waals surface area contributed by atoms with Gasteiger partial charge in [-0.25, -0.2) is 0 Å². The Labute approximate surface area is 116 Å². The maximum absolute atomic E-state index is 6.55. The van der Waals surface area contributed by atoms with Gasteiger partial charge >= 0.3 is 0 Å². The molecule has 0 saturated carbocycles. The second kappa shape index (κ2) is 6.08. The molecule has 2 heteroatoms. The first-order chi connectivity index (χ1) is 8.54. The number of halogens is 1. The molecular formula is C16H24ClN. The number of nitrogens with zero attached hydrogens (tertiary/aromatic N) is 1. The van der Waals surface area contributed by atoms with E-state index in [0.29, 0.717) is 0 Å². The summed E-state index contributed by atoms with van der Waals surface area (Å²) in [6.07, 6.45) is 1.36. The lowest BCUT2D eigenvalue weighted by atomic mass is 9.91. The van der Waals surface area contributed by atoms with Gasteiger partial charge in [-0.3, -0.25) is 0 Å². The van der Waals surface area contributed by atoms with Crippen LogP contribution < -0.4 is 0 Å².